The van der Waals surface area contributed by atoms with Crippen molar-refractivity contribution in [2.24, 2.45) is 0 Å². The zero-order valence-electron chi connectivity index (χ0n) is 16.1. The summed E-state index contributed by atoms with van der Waals surface area (Å²) < 4.78 is 5.88. The molecular formula is C21H22N4O4. The lowest BCUT2D eigenvalue weighted by molar-refractivity contribution is -0.385. The van der Waals surface area contributed by atoms with Crippen molar-refractivity contribution in [1.29, 1.82) is 0 Å². The van der Waals surface area contributed by atoms with Crippen molar-refractivity contribution in [1.82, 2.24) is 9.88 Å². The average molecular weight is 394 g/mol. The lowest BCUT2D eigenvalue weighted by atomic mass is 9.97. The van der Waals surface area contributed by atoms with E-state index >= 15 is 0 Å². The zero-order chi connectivity index (χ0) is 20.4. The number of hydrogen-bond acceptors (Lipinski definition) is 6. The molecule has 8 nitrogen and oxygen atoms in total. The van der Waals surface area contributed by atoms with Gasteiger partial charge in [0.1, 0.15) is 5.52 Å². The Bertz CT molecular complexity index is 1020. The number of nitrogens with one attached hydrogen (secondary N) is 1. The second kappa shape index (κ2) is 8.00. The molecule has 1 aliphatic heterocycles. The van der Waals surface area contributed by atoms with E-state index in [0.29, 0.717) is 11.3 Å². The number of fused-ring (bicyclic) bond motifs is 1. The largest absolute Gasteiger partial charge is 0.440 e. The highest BCUT2D eigenvalue weighted by atomic mass is 16.6. The number of rotatable bonds is 5. The van der Waals surface area contributed by atoms with Crippen LogP contribution < -0.4 is 5.32 Å². The fourth-order valence-corrected chi connectivity index (χ4v) is 3.75. The summed E-state index contributed by atoms with van der Waals surface area (Å²) in [6, 6.07) is 12.4. The van der Waals surface area contributed by atoms with Crippen LogP contribution in [-0.4, -0.2) is 40.3 Å². The minimum atomic E-state index is -0.443. The van der Waals surface area contributed by atoms with Crippen molar-refractivity contribution in [2.45, 2.75) is 25.7 Å². The van der Waals surface area contributed by atoms with E-state index in [1.807, 2.05) is 24.3 Å². The molecule has 4 rings (SSSR count). The molecule has 0 aliphatic carbocycles. The lowest BCUT2D eigenvalue weighted by Crippen LogP contribution is -2.38. The summed E-state index contributed by atoms with van der Waals surface area (Å²) in [5, 5.41) is 13.9. The van der Waals surface area contributed by atoms with Crippen molar-refractivity contribution >= 4 is 28.4 Å². The Labute approximate surface area is 167 Å². The van der Waals surface area contributed by atoms with Gasteiger partial charge in [0.15, 0.2) is 11.5 Å². The van der Waals surface area contributed by atoms with Crippen LogP contribution in [0.25, 0.3) is 11.1 Å². The number of carbonyl (C=O) groups excluding carboxylic acids is 1. The van der Waals surface area contributed by atoms with Gasteiger partial charge in [-0.1, -0.05) is 18.2 Å². The van der Waals surface area contributed by atoms with Gasteiger partial charge in [-0.3, -0.25) is 19.8 Å². The first-order valence-electron chi connectivity index (χ1n) is 9.63. The molecule has 2 heterocycles. The third kappa shape index (κ3) is 4.12. The number of para-hydroxylation sites is 2. The predicted molar refractivity (Wildman–Crippen MR) is 109 cm³/mol. The molecule has 0 spiro atoms. The number of anilines is 1. The maximum Gasteiger partial charge on any atom is 0.274 e. The molecule has 0 radical (unpaired) electrons. The second-order valence-electron chi connectivity index (χ2n) is 7.33. The Morgan fingerprint density at radius 1 is 1.24 bits per heavy atom. The molecule has 0 unspecified atom stereocenters. The SMILES string of the molecule is Cc1c(NC(=O)CN2CCC(c3nc4ccccc4o3)CC2)cccc1[N+](=O)[O-]. The van der Waals surface area contributed by atoms with E-state index in [-0.39, 0.29) is 24.1 Å². The van der Waals surface area contributed by atoms with Crippen LogP contribution in [0.3, 0.4) is 0 Å². The molecule has 3 aromatic rings. The van der Waals surface area contributed by atoms with E-state index in [1.165, 1.54) is 6.07 Å². The van der Waals surface area contributed by atoms with Crippen LogP contribution in [0.15, 0.2) is 46.9 Å². The molecule has 8 heteroatoms. The summed E-state index contributed by atoms with van der Waals surface area (Å²) in [4.78, 5) is 29.7. The van der Waals surface area contributed by atoms with E-state index in [1.54, 1.807) is 19.1 Å². The van der Waals surface area contributed by atoms with Crippen LogP contribution in [-0.2, 0) is 4.79 Å². The van der Waals surface area contributed by atoms with E-state index in [4.69, 9.17) is 4.42 Å². The highest BCUT2D eigenvalue weighted by Crippen LogP contribution is 2.30. The Kier molecular flexibility index (Phi) is 5.26. The topological polar surface area (TPSA) is 102 Å². The minimum Gasteiger partial charge on any atom is -0.440 e. The number of carbonyl (C=O) groups is 1. The average Bonchev–Trinajstić information content (AvgIpc) is 3.14. The Balaban J connectivity index is 1.33. The normalized spacial score (nSPS) is 15.5. The lowest BCUT2D eigenvalue weighted by Gasteiger charge is -2.29. The van der Waals surface area contributed by atoms with Crippen molar-refractivity contribution < 1.29 is 14.1 Å². The first-order chi connectivity index (χ1) is 14.0. The van der Waals surface area contributed by atoms with E-state index in [0.717, 1.165) is 42.9 Å². The monoisotopic (exact) mass is 394 g/mol. The van der Waals surface area contributed by atoms with Crippen LogP contribution >= 0.6 is 0 Å². The molecule has 1 aliphatic rings. The van der Waals surface area contributed by atoms with Crippen LogP contribution in [0.4, 0.5) is 11.4 Å². The first kappa shape index (κ1) is 19.1. The number of aromatic nitrogens is 1. The van der Waals surface area contributed by atoms with Gasteiger partial charge in [-0.25, -0.2) is 4.98 Å². The van der Waals surface area contributed by atoms with E-state index in [9.17, 15) is 14.9 Å². The molecule has 1 amide bonds. The number of benzene rings is 2. The molecule has 1 N–H and O–H groups in total. The molecule has 1 fully saturated rings. The van der Waals surface area contributed by atoms with Gasteiger partial charge in [-0.2, -0.15) is 0 Å². The van der Waals surface area contributed by atoms with Crippen LogP contribution in [0.1, 0.15) is 30.2 Å². The molecule has 1 aromatic heterocycles. The Hall–Kier alpha value is -3.26. The fourth-order valence-electron chi connectivity index (χ4n) is 3.75. The molecule has 0 atom stereocenters. The highest BCUT2D eigenvalue weighted by Gasteiger charge is 2.26. The summed E-state index contributed by atoms with van der Waals surface area (Å²) in [5.41, 5.74) is 2.61. The molecule has 150 valence electrons. The van der Waals surface area contributed by atoms with Crippen LogP contribution in [0.2, 0.25) is 0 Å². The predicted octanol–water partition coefficient (Wildman–Crippen LogP) is 3.86. The Morgan fingerprint density at radius 3 is 2.72 bits per heavy atom. The summed E-state index contributed by atoms with van der Waals surface area (Å²) in [5.74, 6) is 0.845. The van der Waals surface area contributed by atoms with Gasteiger partial charge in [0.25, 0.3) is 5.69 Å². The van der Waals surface area contributed by atoms with Gasteiger partial charge in [0.2, 0.25) is 5.91 Å². The van der Waals surface area contributed by atoms with Crippen molar-refractivity contribution in [3.05, 3.63) is 64.0 Å². The highest BCUT2D eigenvalue weighted by molar-refractivity contribution is 5.93. The number of nitrogens with zero attached hydrogens (tertiary/aromatic N) is 3. The summed E-state index contributed by atoms with van der Waals surface area (Å²) in [6.45, 7) is 3.43. The number of nitro benzene ring substituents is 1. The van der Waals surface area contributed by atoms with Crippen LogP contribution in [0, 0.1) is 17.0 Å². The quantitative estimate of drug-likeness (QED) is 0.521. The first-order valence-corrected chi connectivity index (χ1v) is 9.63. The number of nitro groups is 1. The third-order valence-electron chi connectivity index (χ3n) is 5.39. The molecule has 1 saturated heterocycles. The van der Waals surface area contributed by atoms with Gasteiger partial charge in [-0.15, -0.1) is 0 Å². The molecule has 0 saturated carbocycles. The number of amides is 1. The number of oxazole rings is 1. The van der Waals surface area contributed by atoms with E-state index < -0.39 is 4.92 Å². The minimum absolute atomic E-state index is 0.00180. The van der Waals surface area contributed by atoms with Gasteiger partial charge in [-0.05, 0) is 51.1 Å². The van der Waals surface area contributed by atoms with Crippen LogP contribution in [0.5, 0.6) is 0 Å². The Morgan fingerprint density at radius 2 is 2.00 bits per heavy atom. The third-order valence-corrected chi connectivity index (χ3v) is 5.39. The van der Waals surface area contributed by atoms with Gasteiger partial charge < -0.3 is 9.73 Å². The van der Waals surface area contributed by atoms with Crippen molar-refractivity contribution in [3.8, 4) is 0 Å². The molecule has 29 heavy (non-hydrogen) atoms. The standard InChI is InChI=1S/C21H22N4O4/c1-14-16(6-4-7-18(14)25(27)28)22-20(26)13-24-11-9-15(10-12-24)21-23-17-5-2-3-8-19(17)29-21/h2-8,15H,9-13H2,1H3,(H,22,26). The maximum atomic E-state index is 12.4. The summed E-state index contributed by atoms with van der Waals surface area (Å²) in [7, 11) is 0. The second-order valence-corrected chi connectivity index (χ2v) is 7.33. The summed E-state index contributed by atoms with van der Waals surface area (Å²) in [6.07, 6.45) is 1.74. The van der Waals surface area contributed by atoms with Crippen molar-refractivity contribution in [3.63, 3.8) is 0 Å². The summed E-state index contributed by atoms with van der Waals surface area (Å²) >= 11 is 0. The molecular weight excluding hydrogens is 372 g/mol. The maximum absolute atomic E-state index is 12.4. The number of hydrogen-bond donors (Lipinski definition) is 1. The fraction of sp³-hybridized carbons (Fsp3) is 0.333. The number of piperidine rings is 1. The molecule has 2 aromatic carbocycles. The van der Waals surface area contributed by atoms with Crippen molar-refractivity contribution in [2.75, 3.05) is 25.0 Å². The number of likely N-dealkylation sites (tertiary alicyclic amines) is 1. The zero-order valence-corrected chi connectivity index (χ0v) is 16.1. The van der Waals surface area contributed by atoms with E-state index in [2.05, 4.69) is 15.2 Å². The van der Waals surface area contributed by atoms with Gasteiger partial charge in [0, 0.05) is 12.0 Å². The van der Waals surface area contributed by atoms with Gasteiger partial charge >= 0.3 is 0 Å². The smallest absolute Gasteiger partial charge is 0.274 e. The molecule has 0 bridgehead atoms. The van der Waals surface area contributed by atoms with Gasteiger partial charge in [0.05, 0.1) is 22.7 Å².